The molecule has 0 radical (unpaired) electrons. The quantitative estimate of drug-likeness (QED) is 0.149. The molecule has 0 bridgehead atoms. The largest absolute Gasteiger partial charge is 0.0610 e. The molecule has 0 spiro atoms. The van der Waals surface area contributed by atoms with Crippen molar-refractivity contribution in [2.24, 2.45) is 0 Å². The molecule has 0 heterocycles. The maximum absolute atomic E-state index is 2.32. The Morgan fingerprint density at radius 3 is 1.05 bits per heavy atom. The lowest BCUT2D eigenvalue weighted by Gasteiger charge is -2.13. The van der Waals surface area contributed by atoms with E-state index in [-0.39, 0.29) is 0 Å². The predicted molar refractivity (Wildman–Crippen MR) is 194 cm³/mol. The fourth-order valence-electron chi connectivity index (χ4n) is 7.39. The van der Waals surface area contributed by atoms with Crippen LogP contribution in [0, 0.1) is 13.8 Å². The molecule has 0 saturated carbocycles. The highest BCUT2D eigenvalue weighted by atomic mass is 14.1. The first kappa shape index (κ1) is 25.1. The van der Waals surface area contributed by atoms with Crippen LogP contribution in [-0.2, 0) is 0 Å². The standard InChI is InChI=1S/C44H30/c1-27-25-38(20-12-30-10-14-36-18-16-32-6-4-8-34-22-24-40(30)44(36)42(32)34)28(2)26-37(27)19-11-29-9-13-35-17-15-31-5-3-7-33-21-23-39(29)43(35)41(31)33/h3-26H,1-2H3/b19-11+,20-12+. The molecule has 9 aromatic carbocycles. The van der Waals surface area contributed by atoms with E-state index in [1.165, 1.54) is 98.0 Å². The van der Waals surface area contributed by atoms with Crippen LogP contribution in [0.4, 0.5) is 0 Å². The summed E-state index contributed by atoms with van der Waals surface area (Å²) in [6.45, 7) is 4.44. The molecule has 0 heteroatoms. The summed E-state index contributed by atoms with van der Waals surface area (Å²) in [5, 5.41) is 15.9. The molecule has 0 atom stereocenters. The van der Waals surface area contributed by atoms with Gasteiger partial charge in [-0.05, 0) is 112 Å². The van der Waals surface area contributed by atoms with E-state index in [9.17, 15) is 0 Å². The first-order valence-corrected chi connectivity index (χ1v) is 15.4. The van der Waals surface area contributed by atoms with Crippen molar-refractivity contribution in [1.29, 1.82) is 0 Å². The van der Waals surface area contributed by atoms with E-state index in [0.717, 1.165) is 0 Å². The molecule has 44 heavy (non-hydrogen) atoms. The summed E-state index contributed by atoms with van der Waals surface area (Å²) in [6, 6.07) is 44.9. The first-order chi connectivity index (χ1) is 21.6. The molecule has 0 amide bonds. The third-order valence-corrected chi connectivity index (χ3v) is 9.66. The smallest absolute Gasteiger partial charge is 0.00208 e. The molecule has 0 fully saturated rings. The van der Waals surface area contributed by atoms with Crippen LogP contribution < -0.4 is 0 Å². The van der Waals surface area contributed by atoms with Crippen LogP contribution in [0.1, 0.15) is 33.4 Å². The molecule has 0 N–H and O–H groups in total. The van der Waals surface area contributed by atoms with E-state index in [4.69, 9.17) is 0 Å². The van der Waals surface area contributed by atoms with Gasteiger partial charge >= 0.3 is 0 Å². The molecule has 0 aliphatic carbocycles. The number of rotatable bonds is 4. The Morgan fingerprint density at radius 2 is 0.636 bits per heavy atom. The van der Waals surface area contributed by atoms with E-state index in [1.807, 2.05) is 0 Å². The van der Waals surface area contributed by atoms with Crippen molar-refractivity contribution in [1.82, 2.24) is 0 Å². The molecule has 0 aliphatic rings. The Labute approximate surface area is 256 Å². The van der Waals surface area contributed by atoms with Gasteiger partial charge in [-0.2, -0.15) is 0 Å². The van der Waals surface area contributed by atoms with Gasteiger partial charge in [-0.3, -0.25) is 0 Å². The average molecular weight is 559 g/mol. The van der Waals surface area contributed by atoms with Crippen molar-refractivity contribution >= 4 is 88.9 Å². The lowest BCUT2D eigenvalue weighted by molar-refractivity contribution is 1.36. The van der Waals surface area contributed by atoms with Crippen molar-refractivity contribution in [2.45, 2.75) is 13.8 Å². The Balaban J connectivity index is 1.08. The maximum Gasteiger partial charge on any atom is -0.00208 e. The number of aryl methyl sites for hydroxylation is 2. The Hall–Kier alpha value is -5.46. The molecular formula is C44H30. The fourth-order valence-corrected chi connectivity index (χ4v) is 7.39. The highest BCUT2D eigenvalue weighted by Crippen LogP contribution is 2.38. The van der Waals surface area contributed by atoms with E-state index in [2.05, 4.69) is 159 Å². The van der Waals surface area contributed by atoms with Gasteiger partial charge in [0.1, 0.15) is 0 Å². The third kappa shape index (κ3) is 3.78. The Morgan fingerprint density at radius 1 is 0.318 bits per heavy atom. The number of benzene rings is 9. The van der Waals surface area contributed by atoms with Crippen LogP contribution in [0.3, 0.4) is 0 Å². The van der Waals surface area contributed by atoms with Crippen molar-refractivity contribution in [2.75, 3.05) is 0 Å². The molecule has 9 rings (SSSR count). The summed E-state index contributed by atoms with van der Waals surface area (Å²) < 4.78 is 0. The summed E-state index contributed by atoms with van der Waals surface area (Å²) in [5.74, 6) is 0. The second-order valence-corrected chi connectivity index (χ2v) is 12.3. The molecule has 0 saturated heterocycles. The van der Waals surface area contributed by atoms with Gasteiger partial charge < -0.3 is 0 Å². The predicted octanol–water partition coefficient (Wildman–Crippen LogP) is 12.4. The van der Waals surface area contributed by atoms with Gasteiger partial charge in [-0.15, -0.1) is 0 Å². The SMILES string of the molecule is Cc1cc(/C=C/c2ccc3ccc4cccc5ccc2c3c45)c(C)cc1/C=C/c1ccc2ccc3cccc4ccc1c2c34. The highest BCUT2D eigenvalue weighted by molar-refractivity contribution is 6.25. The minimum absolute atomic E-state index is 1.26. The van der Waals surface area contributed by atoms with Crippen LogP contribution in [0.25, 0.3) is 88.9 Å². The van der Waals surface area contributed by atoms with Gasteiger partial charge in [-0.1, -0.05) is 146 Å². The zero-order valence-electron chi connectivity index (χ0n) is 24.9. The molecule has 0 aromatic heterocycles. The first-order valence-electron chi connectivity index (χ1n) is 15.4. The second-order valence-electron chi connectivity index (χ2n) is 12.3. The molecule has 0 unspecified atom stereocenters. The summed E-state index contributed by atoms with van der Waals surface area (Å²) >= 11 is 0. The fraction of sp³-hybridized carbons (Fsp3) is 0.0455. The van der Waals surface area contributed by atoms with E-state index in [1.54, 1.807) is 0 Å². The van der Waals surface area contributed by atoms with Crippen molar-refractivity contribution in [3.8, 4) is 0 Å². The summed E-state index contributed by atoms with van der Waals surface area (Å²) in [7, 11) is 0. The van der Waals surface area contributed by atoms with Crippen molar-refractivity contribution in [3.05, 3.63) is 155 Å². The van der Waals surface area contributed by atoms with Crippen LogP contribution in [0.5, 0.6) is 0 Å². The van der Waals surface area contributed by atoms with Crippen molar-refractivity contribution in [3.63, 3.8) is 0 Å². The lowest BCUT2D eigenvalue weighted by atomic mass is 9.91. The second kappa shape index (κ2) is 9.53. The average Bonchev–Trinajstić information content (AvgIpc) is 3.06. The van der Waals surface area contributed by atoms with Crippen LogP contribution >= 0.6 is 0 Å². The minimum atomic E-state index is 1.26. The normalized spacial score (nSPS) is 12.6. The Kier molecular flexibility index (Phi) is 5.43. The molecule has 206 valence electrons. The van der Waals surface area contributed by atoms with Gasteiger partial charge in [0.15, 0.2) is 0 Å². The third-order valence-electron chi connectivity index (χ3n) is 9.66. The van der Waals surface area contributed by atoms with Crippen LogP contribution in [0.15, 0.2) is 121 Å². The van der Waals surface area contributed by atoms with Gasteiger partial charge in [0.25, 0.3) is 0 Å². The minimum Gasteiger partial charge on any atom is -0.0610 e. The summed E-state index contributed by atoms with van der Waals surface area (Å²) in [5.41, 5.74) is 7.58. The monoisotopic (exact) mass is 558 g/mol. The van der Waals surface area contributed by atoms with Crippen LogP contribution in [0.2, 0.25) is 0 Å². The van der Waals surface area contributed by atoms with Crippen LogP contribution in [-0.4, -0.2) is 0 Å². The molecule has 0 aliphatic heterocycles. The summed E-state index contributed by atoms with van der Waals surface area (Å²) in [4.78, 5) is 0. The zero-order chi connectivity index (χ0) is 29.4. The topological polar surface area (TPSA) is 0 Å². The lowest BCUT2D eigenvalue weighted by Crippen LogP contribution is -1.89. The van der Waals surface area contributed by atoms with Crippen molar-refractivity contribution < 1.29 is 0 Å². The number of hydrogen-bond acceptors (Lipinski definition) is 0. The van der Waals surface area contributed by atoms with E-state index >= 15 is 0 Å². The zero-order valence-corrected chi connectivity index (χ0v) is 24.9. The van der Waals surface area contributed by atoms with Gasteiger partial charge in [-0.25, -0.2) is 0 Å². The highest BCUT2D eigenvalue weighted by Gasteiger charge is 2.11. The van der Waals surface area contributed by atoms with Gasteiger partial charge in [0.2, 0.25) is 0 Å². The molecule has 9 aromatic rings. The van der Waals surface area contributed by atoms with E-state index in [0.29, 0.717) is 0 Å². The maximum atomic E-state index is 2.32. The Bertz CT molecular complexity index is 2390. The number of hydrogen-bond donors (Lipinski definition) is 0. The summed E-state index contributed by atoms with van der Waals surface area (Å²) in [6.07, 6.45) is 9.13. The van der Waals surface area contributed by atoms with E-state index < -0.39 is 0 Å². The van der Waals surface area contributed by atoms with Gasteiger partial charge in [0.05, 0.1) is 0 Å². The van der Waals surface area contributed by atoms with Gasteiger partial charge in [0, 0.05) is 0 Å². The molecular weight excluding hydrogens is 528 g/mol. The molecule has 0 nitrogen and oxygen atoms in total.